The van der Waals surface area contributed by atoms with E-state index in [1.807, 2.05) is 13.8 Å². The summed E-state index contributed by atoms with van der Waals surface area (Å²) in [4.78, 5) is 8.32. The van der Waals surface area contributed by atoms with Gasteiger partial charge in [0.05, 0.1) is 5.69 Å². The Kier molecular flexibility index (Phi) is 3.65. The van der Waals surface area contributed by atoms with Gasteiger partial charge in [-0.2, -0.15) is 0 Å². The summed E-state index contributed by atoms with van der Waals surface area (Å²) in [6, 6.07) is 2.01. The van der Waals surface area contributed by atoms with E-state index in [1.54, 1.807) is 6.92 Å². The lowest BCUT2D eigenvalue weighted by atomic mass is 10.1. The number of aromatic nitrogens is 2. The fourth-order valence-electron chi connectivity index (χ4n) is 1.78. The minimum absolute atomic E-state index is 0.0231. The number of hydrogen-bond acceptors (Lipinski definition) is 3. The summed E-state index contributed by atoms with van der Waals surface area (Å²) in [7, 11) is 0. The summed E-state index contributed by atoms with van der Waals surface area (Å²) in [5.74, 6) is -3.44. The maximum atomic E-state index is 13.9. The molecule has 0 fully saturated rings. The fourth-order valence-corrected chi connectivity index (χ4v) is 1.78. The van der Waals surface area contributed by atoms with E-state index < -0.39 is 17.5 Å². The van der Waals surface area contributed by atoms with Crippen LogP contribution in [-0.2, 0) is 0 Å². The first kappa shape index (κ1) is 14.3. The van der Waals surface area contributed by atoms with Crippen molar-refractivity contribution < 1.29 is 13.2 Å². The van der Waals surface area contributed by atoms with Crippen molar-refractivity contribution in [2.45, 2.75) is 26.7 Å². The van der Waals surface area contributed by atoms with Gasteiger partial charge in [-0.15, -0.1) is 0 Å². The van der Waals surface area contributed by atoms with E-state index in [-0.39, 0.29) is 23.0 Å². The van der Waals surface area contributed by atoms with E-state index in [9.17, 15) is 13.2 Å². The minimum Gasteiger partial charge on any atom is -0.383 e. The number of nitrogen functional groups attached to an aromatic ring is 1. The molecule has 106 valence electrons. The molecule has 2 rings (SSSR count). The zero-order chi connectivity index (χ0) is 15.0. The van der Waals surface area contributed by atoms with Crippen molar-refractivity contribution in [3.05, 3.63) is 41.0 Å². The summed E-state index contributed by atoms with van der Waals surface area (Å²) < 4.78 is 40.2. The number of nitrogens with zero attached hydrogens (tertiary/aromatic N) is 2. The average molecular weight is 281 g/mol. The Hall–Kier alpha value is -2.11. The van der Waals surface area contributed by atoms with Gasteiger partial charge < -0.3 is 5.73 Å². The van der Waals surface area contributed by atoms with Crippen molar-refractivity contribution in [1.82, 2.24) is 9.97 Å². The topological polar surface area (TPSA) is 51.8 Å². The van der Waals surface area contributed by atoms with E-state index >= 15 is 0 Å². The summed E-state index contributed by atoms with van der Waals surface area (Å²) in [5, 5.41) is 0. The number of rotatable bonds is 2. The van der Waals surface area contributed by atoms with Crippen molar-refractivity contribution in [1.29, 1.82) is 0 Å². The predicted octanol–water partition coefficient (Wildman–Crippen LogP) is 3.57. The molecular weight excluding hydrogens is 267 g/mol. The van der Waals surface area contributed by atoms with Crippen LogP contribution in [0.3, 0.4) is 0 Å². The molecule has 1 aromatic heterocycles. The highest BCUT2D eigenvalue weighted by Crippen LogP contribution is 2.30. The van der Waals surface area contributed by atoms with E-state index in [2.05, 4.69) is 9.97 Å². The maximum absolute atomic E-state index is 13.9. The van der Waals surface area contributed by atoms with Gasteiger partial charge in [0.25, 0.3) is 0 Å². The third kappa shape index (κ3) is 2.33. The Balaban J connectivity index is 2.72. The number of hydrogen-bond donors (Lipinski definition) is 1. The lowest BCUT2D eigenvalue weighted by Crippen LogP contribution is -2.07. The van der Waals surface area contributed by atoms with Crippen LogP contribution in [0, 0.1) is 24.4 Å². The number of anilines is 1. The van der Waals surface area contributed by atoms with Gasteiger partial charge in [-0.25, -0.2) is 23.1 Å². The third-order valence-electron chi connectivity index (χ3n) is 3.01. The van der Waals surface area contributed by atoms with E-state index in [0.29, 0.717) is 11.4 Å². The van der Waals surface area contributed by atoms with Gasteiger partial charge in [0.1, 0.15) is 11.6 Å². The Morgan fingerprint density at radius 3 is 2.30 bits per heavy atom. The average Bonchev–Trinajstić information content (AvgIpc) is 2.39. The lowest BCUT2D eigenvalue weighted by molar-refractivity contribution is 0.448. The van der Waals surface area contributed by atoms with Crippen molar-refractivity contribution in [3.8, 4) is 11.3 Å². The molecule has 0 atom stereocenters. The van der Waals surface area contributed by atoms with Crippen LogP contribution in [-0.4, -0.2) is 9.97 Å². The molecule has 2 aromatic rings. The second-order valence-electron chi connectivity index (χ2n) is 4.82. The van der Waals surface area contributed by atoms with Gasteiger partial charge in [-0.05, 0) is 19.1 Å². The van der Waals surface area contributed by atoms with Crippen LogP contribution in [0.1, 0.15) is 31.2 Å². The molecule has 0 amide bonds. The van der Waals surface area contributed by atoms with Crippen LogP contribution in [0.15, 0.2) is 12.1 Å². The third-order valence-corrected chi connectivity index (χ3v) is 3.01. The van der Waals surface area contributed by atoms with E-state index in [0.717, 1.165) is 12.1 Å². The van der Waals surface area contributed by atoms with Gasteiger partial charge >= 0.3 is 0 Å². The van der Waals surface area contributed by atoms with Crippen LogP contribution in [0.4, 0.5) is 19.0 Å². The Morgan fingerprint density at radius 1 is 1.05 bits per heavy atom. The monoisotopic (exact) mass is 281 g/mol. The minimum atomic E-state index is -1.52. The first-order valence-corrected chi connectivity index (χ1v) is 6.10. The molecule has 3 nitrogen and oxygen atoms in total. The van der Waals surface area contributed by atoms with Crippen LogP contribution in [0.2, 0.25) is 0 Å². The highest BCUT2D eigenvalue weighted by molar-refractivity contribution is 5.68. The van der Waals surface area contributed by atoms with Gasteiger partial charge in [-0.3, -0.25) is 0 Å². The zero-order valence-corrected chi connectivity index (χ0v) is 11.3. The molecule has 6 heteroatoms. The van der Waals surface area contributed by atoms with Crippen molar-refractivity contribution in [3.63, 3.8) is 0 Å². The molecule has 0 saturated heterocycles. The first-order valence-electron chi connectivity index (χ1n) is 6.10. The largest absolute Gasteiger partial charge is 0.383 e. The quantitative estimate of drug-likeness (QED) is 0.856. The van der Waals surface area contributed by atoms with Crippen LogP contribution in [0.5, 0.6) is 0 Å². The molecule has 1 aromatic carbocycles. The number of benzene rings is 1. The Morgan fingerprint density at radius 2 is 1.70 bits per heavy atom. The Labute approximate surface area is 114 Å². The number of nitrogens with two attached hydrogens (primary N) is 1. The molecule has 0 unspecified atom stereocenters. The van der Waals surface area contributed by atoms with E-state index in [1.165, 1.54) is 0 Å². The molecule has 0 aliphatic carbocycles. The molecule has 2 N–H and O–H groups in total. The molecule has 1 heterocycles. The van der Waals surface area contributed by atoms with Crippen molar-refractivity contribution in [2.24, 2.45) is 0 Å². The van der Waals surface area contributed by atoms with Crippen LogP contribution < -0.4 is 5.73 Å². The van der Waals surface area contributed by atoms with Gasteiger partial charge in [0.2, 0.25) is 0 Å². The highest BCUT2D eigenvalue weighted by atomic mass is 19.2. The summed E-state index contributed by atoms with van der Waals surface area (Å²) in [6.45, 7) is 5.32. The lowest BCUT2D eigenvalue weighted by Gasteiger charge is -2.13. The van der Waals surface area contributed by atoms with Crippen molar-refractivity contribution >= 4 is 5.82 Å². The molecule has 0 saturated carbocycles. The van der Waals surface area contributed by atoms with Crippen LogP contribution >= 0.6 is 0 Å². The molecule has 0 aliphatic heterocycles. The fraction of sp³-hybridized carbons (Fsp3) is 0.286. The second kappa shape index (κ2) is 5.11. The first-order chi connectivity index (χ1) is 9.32. The SMILES string of the molecule is Cc1c(N)nc(C(C)C)nc1-c1ccc(F)c(F)c1F. The molecule has 0 aliphatic rings. The van der Waals surface area contributed by atoms with E-state index in [4.69, 9.17) is 5.73 Å². The second-order valence-corrected chi connectivity index (χ2v) is 4.82. The van der Waals surface area contributed by atoms with Crippen molar-refractivity contribution in [2.75, 3.05) is 5.73 Å². The molecular formula is C14H14F3N3. The van der Waals surface area contributed by atoms with Crippen LogP contribution in [0.25, 0.3) is 11.3 Å². The molecule has 0 radical (unpaired) electrons. The maximum Gasteiger partial charge on any atom is 0.195 e. The standard InChI is InChI=1S/C14H14F3N3/c1-6(2)14-19-12(7(3)13(18)20-14)8-4-5-9(15)11(17)10(8)16/h4-6H,1-3H3,(H2,18,19,20). The Bertz CT molecular complexity index is 669. The number of halogens is 3. The summed E-state index contributed by atoms with van der Waals surface area (Å²) >= 11 is 0. The van der Waals surface area contributed by atoms with Gasteiger partial charge in [0, 0.05) is 17.0 Å². The normalized spacial score (nSPS) is 11.2. The zero-order valence-electron chi connectivity index (χ0n) is 11.3. The predicted molar refractivity (Wildman–Crippen MR) is 70.6 cm³/mol. The molecule has 20 heavy (non-hydrogen) atoms. The summed E-state index contributed by atoms with van der Waals surface area (Å²) in [6.07, 6.45) is 0. The smallest absolute Gasteiger partial charge is 0.195 e. The summed E-state index contributed by atoms with van der Waals surface area (Å²) in [5.41, 5.74) is 6.25. The highest BCUT2D eigenvalue weighted by Gasteiger charge is 2.19. The molecule has 0 bridgehead atoms. The van der Waals surface area contributed by atoms with Gasteiger partial charge in [0.15, 0.2) is 17.5 Å². The molecule has 0 spiro atoms. The van der Waals surface area contributed by atoms with Gasteiger partial charge in [-0.1, -0.05) is 13.8 Å².